The summed E-state index contributed by atoms with van der Waals surface area (Å²) in [6.07, 6.45) is 10.4. The van der Waals surface area contributed by atoms with Gasteiger partial charge >= 0.3 is 0 Å². The van der Waals surface area contributed by atoms with Gasteiger partial charge in [-0.2, -0.15) is 4.98 Å². The van der Waals surface area contributed by atoms with Crippen molar-refractivity contribution in [2.24, 2.45) is 5.92 Å². The fourth-order valence-electron chi connectivity index (χ4n) is 3.81. The Morgan fingerprint density at radius 2 is 1.96 bits per heavy atom. The molecule has 0 radical (unpaired) electrons. The van der Waals surface area contributed by atoms with Crippen molar-refractivity contribution in [1.82, 2.24) is 25.0 Å². The number of ether oxygens (including phenoxy) is 1. The number of amides is 1. The number of carbonyl (C=O) groups excluding carboxylic acids is 1. The maximum atomic E-state index is 12.4. The van der Waals surface area contributed by atoms with Crippen molar-refractivity contribution in [2.75, 3.05) is 26.3 Å². The lowest BCUT2D eigenvalue weighted by atomic mass is 9.92. The predicted molar refractivity (Wildman–Crippen MR) is 96.1 cm³/mol. The van der Waals surface area contributed by atoms with Crippen molar-refractivity contribution in [3.63, 3.8) is 0 Å². The zero-order chi connectivity index (χ0) is 18.5. The number of carbonyl (C=O) groups is 1. The van der Waals surface area contributed by atoms with Crippen LogP contribution in [0.3, 0.4) is 0 Å². The van der Waals surface area contributed by atoms with E-state index in [0.717, 1.165) is 76.5 Å². The number of likely N-dealkylation sites (tertiary alicyclic amines) is 1. The molecule has 0 atom stereocenters. The SMILES string of the molecule is O=C(c1cnccn1)N1CCC(CCc2noc(C3CCOCC3)n2)CC1. The van der Waals surface area contributed by atoms with Crippen LogP contribution < -0.4 is 0 Å². The van der Waals surface area contributed by atoms with Crippen molar-refractivity contribution in [2.45, 2.75) is 44.4 Å². The summed E-state index contributed by atoms with van der Waals surface area (Å²) in [6.45, 7) is 3.07. The molecule has 2 aromatic rings. The van der Waals surface area contributed by atoms with Gasteiger partial charge in [-0.25, -0.2) is 4.98 Å². The van der Waals surface area contributed by atoms with Crippen LogP contribution in [-0.4, -0.2) is 57.2 Å². The summed E-state index contributed by atoms with van der Waals surface area (Å²) >= 11 is 0. The highest BCUT2D eigenvalue weighted by Crippen LogP contribution is 2.26. The van der Waals surface area contributed by atoms with Crippen LogP contribution in [0.15, 0.2) is 23.1 Å². The van der Waals surface area contributed by atoms with E-state index >= 15 is 0 Å². The zero-order valence-corrected chi connectivity index (χ0v) is 15.4. The molecule has 0 aliphatic carbocycles. The van der Waals surface area contributed by atoms with Crippen LogP contribution in [0.5, 0.6) is 0 Å². The monoisotopic (exact) mass is 371 g/mol. The van der Waals surface area contributed by atoms with Crippen LogP contribution in [-0.2, 0) is 11.2 Å². The smallest absolute Gasteiger partial charge is 0.274 e. The first-order valence-corrected chi connectivity index (χ1v) is 9.75. The number of piperidine rings is 1. The molecule has 2 saturated heterocycles. The average Bonchev–Trinajstić information content (AvgIpc) is 3.22. The van der Waals surface area contributed by atoms with Crippen LogP contribution in [0, 0.1) is 5.92 Å². The molecular formula is C19H25N5O3. The van der Waals surface area contributed by atoms with Gasteiger partial charge in [-0.1, -0.05) is 5.16 Å². The minimum Gasteiger partial charge on any atom is -0.381 e. The van der Waals surface area contributed by atoms with Gasteiger partial charge in [0.1, 0.15) is 5.69 Å². The summed E-state index contributed by atoms with van der Waals surface area (Å²) in [7, 11) is 0. The Labute approximate surface area is 158 Å². The Hall–Kier alpha value is -2.35. The number of aryl methyl sites for hydroxylation is 1. The highest BCUT2D eigenvalue weighted by Gasteiger charge is 2.25. The van der Waals surface area contributed by atoms with Crippen molar-refractivity contribution in [3.05, 3.63) is 36.0 Å². The topological polar surface area (TPSA) is 94.2 Å². The number of aromatic nitrogens is 4. The first-order chi connectivity index (χ1) is 13.3. The van der Waals surface area contributed by atoms with E-state index in [-0.39, 0.29) is 5.91 Å². The summed E-state index contributed by atoms with van der Waals surface area (Å²) in [5.41, 5.74) is 0.420. The van der Waals surface area contributed by atoms with Crippen molar-refractivity contribution >= 4 is 5.91 Å². The van der Waals surface area contributed by atoms with Crippen LogP contribution in [0.4, 0.5) is 0 Å². The molecule has 2 aromatic heterocycles. The van der Waals surface area contributed by atoms with E-state index in [2.05, 4.69) is 20.1 Å². The maximum Gasteiger partial charge on any atom is 0.274 e. The molecular weight excluding hydrogens is 346 g/mol. The number of nitrogens with zero attached hydrogens (tertiary/aromatic N) is 5. The zero-order valence-electron chi connectivity index (χ0n) is 15.4. The molecule has 27 heavy (non-hydrogen) atoms. The Bertz CT molecular complexity index is 737. The highest BCUT2D eigenvalue weighted by atomic mass is 16.5. The van der Waals surface area contributed by atoms with Crippen molar-refractivity contribution < 1.29 is 14.1 Å². The summed E-state index contributed by atoms with van der Waals surface area (Å²) in [5.74, 6) is 2.46. The maximum absolute atomic E-state index is 12.4. The predicted octanol–water partition coefficient (Wildman–Crippen LogP) is 2.24. The van der Waals surface area contributed by atoms with E-state index in [9.17, 15) is 4.79 Å². The first kappa shape index (κ1) is 18.0. The standard InChI is InChI=1S/C19H25N5O3/c25-19(16-13-20-7-8-21-16)24-9-3-14(4-10-24)1-2-17-22-18(27-23-17)15-5-11-26-12-6-15/h7-8,13-15H,1-6,9-12H2. The molecule has 0 spiro atoms. The fourth-order valence-corrected chi connectivity index (χ4v) is 3.81. The number of hydrogen-bond acceptors (Lipinski definition) is 7. The third-order valence-electron chi connectivity index (χ3n) is 5.51. The number of hydrogen-bond donors (Lipinski definition) is 0. The van der Waals surface area contributed by atoms with E-state index in [1.165, 1.54) is 6.20 Å². The molecule has 1 amide bonds. The minimum atomic E-state index is -0.0270. The summed E-state index contributed by atoms with van der Waals surface area (Å²) < 4.78 is 10.8. The summed E-state index contributed by atoms with van der Waals surface area (Å²) in [4.78, 5) is 27.0. The van der Waals surface area contributed by atoms with Gasteiger partial charge in [-0.15, -0.1) is 0 Å². The molecule has 0 aromatic carbocycles. The van der Waals surface area contributed by atoms with Gasteiger partial charge < -0.3 is 14.2 Å². The Morgan fingerprint density at radius 3 is 2.70 bits per heavy atom. The molecule has 144 valence electrons. The molecule has 4 rings (SSSR count). The summed E-state index contributed by atoms with van der Waals surface area (Å²) in [6, 6.07) is 0. The van der Waals surface area contributed by atoms with Crippen LogP contribution in [0.2, 0.25) is 0 Å². The average molecular weight is 371 g/mol. The van der Waals surface area contributed by atoms with Gasteiger partial charge in [0.2, 0.25) is 5.89 Å². The number of rotatable bonds is 5. The van der Waals surface area contributed by atoms with Crippen molar-refractivity contribution in [3.8, 4) is 0 Å². The van der Waals surface area contributed by atoms with Gasteiger partial charge in [0.25, 0.3) is 5.91 Å². The highest BCUT2D eigenvalue weighted by molar-refractivity contribution is 5.91. The fraction of sp³-hybridized carbons (Fsp3) is 0.632. The molecule has 0 N–H and O–H groups in total. The minimum absolute atomic E-state index is 0.0270. The molecule has 0 bridgehead atoms. The Kier molecular flexibility index (Phi) is 5.72. The Morgan fingerprint density at radius 1 is 1.15 bits per heavy atom. The molecule has 2 aliphatic rings. The largest absolute Gasteiger partial charge is 0.381 e. The van der Waals surface area contributed by atoms with Gasteiger partial charge in [-0.05, 0) is 38.0 Å². The van der Waals surface area contributed by atoms with E-state index < -0.39 is 0 Å². The summed E-state index contributed by atoms with van der Waals surface area (Å²) in [5, 5.41) is 4.15. The normalized spacial score (nSPS) is 19.3. The molecule has 0 unspecified atom stereocenters. The lowest BCUT2D eigenvalue weighted by Crippen LogP contribution is -2.39. The Balaban J connectivity index is 1.23. The molecule has 0 saturated carbocycles. The molecule has 4 heterocycles. The van der Waals surface area contributed by atoms with E-state index in [1.807, 2.05) is 4.90 Å². The molecule has 2 aliphatic heterocycles. The van der Waals surface area contributed by atoms with Gasteiger partial charge in [0.15, 0.2) is 5.82 Å². The van der Waals surface area contributed by atoms with E-state index in [0.29, 0.717) is 17.5 Å². The van der Waals surface area contributed by atoms with Gasteiger partial charge in [0.05, 0.1) is 6.20 Å². The first-order valence-electron chi connectivity index (χ1n) is 9.75. The second-order valence-corrected chi connectivity index (χ2v) is 7.30. The van der Waals surface area contributed by atoms with Crippen LogP contribution in [0.25, 0.3) is 0 Å². The van der Waals surface area contributed by atoms with Crippen LogP contribution in [0.1, 0.15) is 60.2 Å². The second kappa shape index (κ2) is 8.56. The lowest BCUT2D eigenvalue weighted by molar-refractivity contribution is 0.0680. The van der Waals surface area contributed by atoms with Gasteiger partial charge in [0, 0.05) is 51.0 Å². The van der Waals surface area contributed by atoms with Crippen LogP contribution >= 0.6 is 0 Å². The third-order valence-corrected chi connectivity index (χ3v) is 5.51. The third kappa shape index (κ3) is 4.50. The lowest BCUT2D eigenvalue weighted by Gasteiger charge is -2.31. The quantitative estimate of drug-likeness (QED) is 0.795. The van der Waals surface area contributed by atoms with E-state index in [4.69, 9.17) is 9.26 Å². The molecule has 8 nitrogen and oxygen atoms in total. The second-order valence-electron chi connectivity index (χ2n) is 7.30. The van der Waals surface area contributed by atoms with Crippen molar-refractivity contribution in [1.29, 1.82) is 0 Å². The molecule has 2 fully saturated rings. The van der Waals surface area contributed by atoms with E-state index in [1.54, 1.807) is 12.4 Å². The molecule has 8 heteroatoms. The van der Waals surface area contributed by atoms with Gasteiger partial charge in [-0.3, -0.25) is 9.78 Å².